The highest BCUT2D eigenvalue weighted by Crippen LogP contribution is 2.28. The van der Waals surface area contributed by atoms with Crippen LogP contribution in [-0.2, 0) is 4.79 Å². The summed E-state index contributed by atoms with van der Waals surface area (Å²) >= 11 is 5.46. The average molecular weight is 371 g/mol. The van der Waals surface area contributed by atoms with E-state index in [9.17, 15) is 4.79 Å². The molecule has 0 spiro atoms. The van der Waals surface area contributed by atoms with Gasteiger partial charge in [0.15, 0.2) is 0 Å². The van der Waals surface area contributed by atoms with Crippen LogP contribution in [0.2, 0.25) is 0 Å². The first kappa shape index (κ1) is 16.8. The summed E-state index contributed by atoms with van der Waals surface area (Å²) in [6.45, 7) is 5.95. The lowest BCUT2D eigenvalue weighted by Crippen LogP contribution is -2.51. The van der Waals surface area contributed by atoms with Crippen molar-refractivity contribution in [3.63, 3.8) is 0 Å². The normalized spacial score (nSPS) is 20.0. The largest absolute Gasteiger partial charge is 0.335 e. The monoisotopic (exact) mass is 370 g/mol. The number of nitrogens with zero attached hydrogens (tertiary/aromatic N) is 1. The van der Waals surface area contributed by atoms with Crippen molar-refractivity contribution in [2.75, 3.05) is 24.6 Å². The molecule has 1 N–H and O–H groups in total. The van der Waals surface area contributed by atoms with Crippen LogP contribution >= 0.6 is 27.7 Å². The molecule has 2 atom stereocenters. The molecule has 1 amide bonds. The van der Waals surface area contributed by atoms with Crippen molar-refractivity contribution >= 4 is 33.6 Å². The maximum Gasteiger partial charge on any atom is 0.241 e. The quantitative estimate of drug-likeness (QED) is 0.861. The summed E-state index contributed by atoms with van der Waals surface area (Å²) in [6.07, 6.45) is 0.973. The van der Waals surface area contributed by atoms with Gasteiger partial charge in [0.2, 0.25) is 5.91 Å². The van der Waals surface area contributed by atoms with Gasteiger partial charge >= 0.3 is 0 Å². The summed E-state index contributed by atoms with van der Waals surface area (Å²) in [5.41, 5.74) is 1.17. The van der Waals surface area contributed by atoms with E-state index in [0.29, 0.717) is 0 Å². The van der Waals surface area contributed by atoms with Gasteiger partial charge < -0.3 is 10.2 Å². The van der Waals surface area contributed by atoms with E-state index >= 15 is 0 Å². The molecule has 1 aromatic carbocycles. The number of hydrogen-bond acceptors (Lipinski definition) is 3. The maximum atomic E-state index is 12.8. The molecule has 5 heteroatoms. The number of thioether (sulfide) groups is 1. The van der Waals surface area contributed by atoms with Crippen LogP contribution in [0.1, 0.15) is 31.9 Å². The van der Waals surface area contributed by atoms with Crippen molar-refractivity contribution < 1.29 is 4.79 Å². The molecule has 0 aliphatic carbocycles. The van der Waals surface area contributed by atoms with Gasteiger partial charge in [-0.05, 0) is 25.0 Å². The van der Waals surface area contributed by atoms with Gasteiger partial charge in [0.25, 0.3) is 0 Å². The molecular weight excluding hydrogens is 348 g/mol. The third kappa shape index (κ3) is 4.24. The number of carbonyl (C=O) groups excluding carboxylic acids is 1. The van der Waals surface area contributed by atoms with Gasteiger partial charge in [-0.3, -0.25) is 4.79 Å². The lowest BCUT2D eigenvalue weighted by atomic mass is 10.1. The van der Waals surface area contributed by atoms with Crippen LogP contribution < -0.4 is 5.32 Å². The Morgan fingerprint density at radius 1 is 1.52 bits per heavy atom. The Kier molecular flexibility index (Phi) is 6.58. The third-order valence-corrected chi connectivity index (χ3v) is 5.57. The smallest absolute Gasteiger partial charge is 0.241 e. The van der Waals surface area contributed by atoms with E-state index in [-0.39, 0.29) is 18.0 Å². The highest BCUT2D eigenvalue weighted by atomic mass is 79.9. The molecule has 0 radical (unpaired) electrons. The Bertz CT molecular complexity index is 477. The fraction of sp³-hybridized carbons (Fsp3) is 0.562. The molecule has 1 aromatic rings. The van der Waals surface area contributed by atoms with E-state index in [1.54, 1.807) is 0 Å². The molecule has 1 saturated heterocycles. The molecule has 2 unspecified atom stereocenters. The SMILES string of the molecule is CCCN(C(=O)C1CSCCN1)C(C)c1ccccc1Br. The van der Waals surface area contributed by atoms with E-state index in [4.69, 9.17) is 0 Å². The Hall–Kier alpha value is -0.520. The summed E-state index contributed by atoms with van der Waals surface area (Å²) in [6, 6.07) is 8.20. The lowest BCUT2D eigenvalue weighted by molar-refractivity contribution is -0.135. The third-order valence-electron chi connectivity index (χ3n) is 3.79. The Balaban J connectivity index is 2.17. The van der Waals surface area contributed by atoms with E-state index < -0.39 is 0 Å². The van der Waals surface area contributed by atoms with Crippen LogP contribution in [0.3, 0.4) is 0 Å². The predicted molar refractivity (Wildman–Crippen MR) is 93.7 cm³/mol. The summed E-state index contributed by atoms with van der Waals surface area (Å²) in [7, 11) is 0. The highest BCUT2D eigenvalue weighted by molar-refractivity contribution is 9.10. The zero-order valence-corrected chi connectivity index (χ0v) is 15.0. The van der Waals surface area contributed by atoms with Crippen LogP contribution in [0.5, 0.6) is 0 Å². The number of halogens is 1. The second-order valence-electron chi connectivity index (χ2n) is 5.31. The fourth-order valence-electron chi connectivity index (χ4n) is 2.64. The van der Waals surface area contributed by atoms with Crippen LogP contribution in [0.15, 0.2) is 28.7 Å². The molecule has 1 aliphatic heterocycles. The minimum Gasteiger partial charge on any atom is -0.335 e. The number of carbonyl (C=O) groups is 1. The molecule has 1 heterocycles. The molecule has 116 valence electrons. The first-order chi connectivity index (χ1) is 10.1. The van der Waals surface area contributed by atoms with Gasteiger partial charge in [-0.15, -0.1) is 0 Å². The first-order valence-corrected chi connectivity index (χ1v) is 9.46. The van der Waals surface area contributed by atoms with Crippen molar-refractivity contribution in [3.8, 4) is 0 Å². The average Bonchev–Trinajstić information content (AvgIpc) is 2.52. The standard InChI is InChI=1S/C16H23BrN2OS/c1-3-9-19(16(20)15-11-21-10-8-18-15)12(2)13-6-4-5-7-14(13)17/h4-7,12,15,18H,3,8-11H2,1-2H3. The van der Waals surface area contributed by atoms with Crippen molar-refractivity contribution in [1.29, 1.82) is 0 Å². The molecule has 21 heavy (non-hydrogen) atoms. The summed E-state index contributed by atoms with van der Waals surface area (Å²) in [5.74, 6) is 2.20. The van der Waals surface area contributed by atoms with E-state index in [1.165, 1.54) is 5.56 Å². The van der Waals surface area contributed by atoms with E-state index in [0.717, 1.165) is 35.5 Å². The van der Waals surface area contributed by atoms with Crippen molar-refractivity contribution in [2.45, 2.75) is 32.4 Å². The summed E-state index contributed by atoms with van der Waals surface area (Å²) in [5, 5.41) is 3.35. The van der Waals surface area contributed by atoms with Crippen LogP contribution in [0.25, 0.3) is 0 Å². The zero-order chi connectivity index (χ0) is 15.2. The Morgan fingerprint density at radius 2 is 2.29 bits per heavy atom. The van der Waals surface area contributed by atoms with Gasteiger partial charge in [-0.1, -0.05) is 41.1 Å². The second kappa shape index (κ2) is 8.20. The number of rotatable bonds is 5. The molecule has 0 bridgehead atoms. The zero-order valence-electron chi connectivity index (χ0n) is 12.6. The van der Waals surface area contributed by atoms with Crippen molar-refractivity contribution in [3.05, 3.63) is 34.3 Å². The molecule has 2 rings (SSSR count). The molecular formula is C16H23BrN2OS. The minimum atomic E-state index is -0.0414. The Morgan fingerprint density at radius 3 is 2.90 bits per heavy atom. The van der Waals surface area contributed by atoms with Gasteiger partial charge in [-0.2, -0.15) is 11.8 Å². The van der Waals surface area contributed by atoms with Crippen molar-refractivity contribution in [1.82, 2.24) is 10.2 Å². The van der Waals surface area contributed by atoms with Crippen molar-refractivity contribution in [2.24, 2.45) is 0 Å². The van der Waals surface area contributed by atoms with Crippen LogP contribution in [0, 0.1) is 0 Å². The maximum absolute atomic E-state index is 12.8. The van der Waals surface area contributed by atoms with Gasteiger partial charge in [0.1, 0.15) is 0 Å². The lowest BCUT2D eigenvalue weighted by Gasteiger charge is -2.34. The summed E-state index contributed by atoms with van der Waals surface area (Å²) < 4.78 is 1.07. The van der Waals surface area contributed by atoms with Gasteiger partial charge in [0, 0.05) is 29.1 Å². The second-order valence-corrected chi connectivity index (χ2v) is 7.31. The fourth-order valence-corrected chi connectivity index (χ4v) is 4.18. The number of benzene rings is 1. The summed E-state index contributed by atoms with van der Waals surface area (Å²) in [4.78, 5) is 14.9. The molecule has 3 nitrogen and oxygen atoms in total. The van der Waals surface area contributed by atoms with Crippen LogP contribution in [-0.4, -0.2) is 41.4 Å². The number of hydrogen-bond donors (Lipinski definition) is 1. The molecule has 1 aliphatic rings. The number of nitrogens with one attached hydrogen (secondary N) is 1. The topological polar surface area (TPSA) is 32.3 Å². The molecule has 0 saturated carbocycles. The van der Waals surface area contributed by atoms with Gasteiger partial charge in [-0.25, -0.2) is 0 Å². The predicted octanol–water partition coefficient (Wildman–Crippen LogP) is 3.45. The van der Waals surface area contributed by atoms with E-state index in [1.807, 2.05) is 34.9 Å². The molecule has 1 fully saturated rings. The highest BCUT2D eigenvalue weighted by Gasteiger charge is 2.29. The minimum absolute atomic E-state index is 0.0414. The Labute approximate surface area is 140 Å². The van der Waals surface area contributed by atoms with Gasteiger partial charge in [0.05, 0.1) is 12.1 Å². The van der Waals surface area contributed by atoms with E-state index in [2.05, 4.69) is 41.2 Å². The first-order valence-electron chi connectivity index (χ1n) is 7.51. The number of amides is 1. The van der Waals surface area contributed by atoms with Crippen LogP contribution in [0.4, 0.5) is 0 Å². The molecule has 0 aromatic heterocycles.